The number of benzene rings is 1. The Morgan fingerprint density at radius 1 is 1.29 bits per heavy atom. The number of halogens is 2. The van der Waals surface area contributed by atoms with Crippen LogP contribution >= 0.6 is 11.3 Å². The molecule has 3 aromatic rings. The van der Waals surface area contributed by atoms with Crippen molar-refractivity contribution in [2.24, 2.45) is 14.1 Å². The molecule has 0 atom stereocenters. The number of nitrogen functional groups attached to an aromatic ring is 1. The Bertz CT molecular complexity index is 1230. The monoisotopic (exact) mass is 412 g/mol. The topological polar surface area (TPSA) is 136 Å². The SMILES string of the molecule is Cn1c(N)c(C(=N)CC(=O)Nc2nc3cc(F)c(F)cc3s2)c(=O)n(C)c1=O.[HH].[HH]. The molecular formula is C16H18F2N6O3S. The fourth-order valence-corrected chi connectivity index (χ4v) is 3.42. The van der Waals surface area contributed by atoms with Gasteiger partial charge in [0.05, 0.1) is 22.3 Å². The third kappa shape index (κ3) is 3.29. The fourth-order valence-electron chi connectivity index (χ4n) is 2.53. The molecular weight excluding hydrogens is 394 g/mol. The highest BCUT2D eigenvalue weighted by Gasteiger charge is 2.20. The van der Waals surface area contributed by atoms with E-state index >= 15 is 0 Å². The second-order valence-electron chi connectivity index (χ2n) is 5.92. The lowest BCUT2D eigenvalue weighted by atomic mass is 10.1. The van der Waals surface area contributed by atoms with Gasteiger partial charge in [0.2, 0.25) is 5.91 Å². The normalized spacial score (nSPS) is 11.0. The van der Waals surface area contributed by atoms with Gasteiger partial charge in [0.1, 0.15) is 11.4 Å². The van der Waals surface area contributed by atoms with E-state index in [2.05, 4.69) is 10.3 Å². The van der Waals surface area contributed by atoms with Gasteiger partial charge in [0.15, 0.2) is 16.8 Å². The number of thiazole rings is 1. The molecule has 0 fully saturated rings. The van der Waals surface area contributed by atoms with Crippen molar-refractivity contribution in [3.8, 4) is 0 Å². The van der Waals surface area contributed by atoms with Crippen LogP contribution in [0.3, 0.4) is 0 Å². The predicted molar refractivity (Wildman–Crippen MR) is 105 cm³/mol. The molecule has 12 heteroatoms. The zero-order chi connectivity index (χ0) is 20.7. The van der Waals surface area contributed by atoms with Gasteiger partial charge >= 0.3 is 5.69 Å². The van der Waals surface area contributed by atoms with E-state index in [1.54, 1.807) is 0 Å². The summed E-state index contributed by atoms with van der Waals surface area (Å²) in [6, 6.07) is 1.88. The number of aromatic nitrogens is 3. The van der Waals surface area contributed by atoms with Crippen LogP contribution in [0.2, 0.25) is 0 Å². The van der Waals surface area contributed by atoms with Gasteiger partial charge in [-0.25, -0.2) is 18.6 Å². The van der Waals surface area contributed by atoms with E-state index < -0.39 is 35.2 Å². The molecule has 2 aromatic heterocycles. The molecule has 0 aliphatic heterocycles. The summed E-state index contributed by atoms with van der Waals surface area (Å²) in [6.45, 7) is 0. The first-order valence-electron chi connectivity index (χ1n) is 7.79. The van der Waals surface area contributed by atoms with Crippen LogP contribution in [0.4, 0.5) is 19.7 Å². The smallest absolute Gasteiger partial charge is 0.332 e. The summed E-state index contributed by atoms with van der Waals surface area (Å²) in [7, 11) is 2.58. The molecule has 0 aliphatic carbocycles. The van der Waals surface area contributed by atoms with Crippen LogP contribution in [0.25, 0.3) is 10.2 Å². The second-order valence-corrected chi connectivity index (χ2v) is 6.95. The average Bonchev–Trinajstić information content (AvgIpc) is 2.99. The highest BCUT2D eigenvalue weighted by Crippen LogP contribution is 2.27. The van der Waals surface area contributed by atoms with E-state index in [0.29, 0.717) is 4.70 Å². The molecule has 0 radical (unpaired) electrons. The standard InChI is InChI=1S/C16H14F2N6O3S.2H2/c1-23-13(20)12(14(26)24(2)16(23)27)8(19)5-11(25)22-15-21-9-3-6(17)7(18)4-10(9)28-15;;/h3-4,19H,5,20H2,1-2H3,(H,21,22,25);2*1H. The lowest BCUT2D eigenvalue weighted by molar-refractivity contribution is -0.115. The highest BCUT2D eigenvalue weighted by atomic mass is 32.1. The summed E-state index contributed by atoms with van der Waals surface area (Å²) in [5.74, 6) is -2.99. The summed E-state index contributed by atoms with van der Waals surface area (Å²) in [5.41, 5.74) is 3.85. The van der Waals surface area contributed by atoms with E-state index in [0.717, 1.165) is 32.6 Å². The number of hydrogen-bond acceptors (Lipinski definition) is 7. The number of nitrogens with one attached hydrogen (secondary N) is 2. The molecule has 0 saturated heterocycles. The van der Waals surface area contributed by atoms with Gasteiger partial charge in [-0.15, -0.1) is 0 Å². The first-order valence-corrected chi connectivity index (χ1v) is 8.60. The fraction of sp³-hybridized carbons (Fsp3) is 0.188. The quantitative estimate of drug-likeness (QED) is 0.557. The summed E-state index contributed by atoms with van der Waals surface area (Å²) in [4.78, 5) is 40.3. The largest absolute Gasteiger partial charge is 0.384 e. The average molecular weight is 412 g/mol. The molecule has 4 N–H and O–H groups in total. The number of carbonyl (C=O) groups excluding carboxylic acids is 1. The molecule has 0 bridgehead atoms. The van der Waals surface area contributed by atoms with Crippen LogP contribution in [0.1, 0.15) is 14.8 Å². The summed E-state index contributed by atoms with van der Waals surface area (Å²) in [6.07, 6.45) is -0.518. The van der Waals surface area contributed by atoms with E-state index in [9.17, 15) is 23.2 Å². The van der Waals surface area contributed by atoms with Gasteiger partial charge in [-0.3, -0.25) is 18.7 Å². The minimum atomic E-state index is -1.06. The van der Waals surface area contributed by atoms with Gasteiger partial charge < -0.3 is 16.5 Å². The summed E-state index contributed by atoms with van der Waals surface area (Å²) >= 11 is 0.928. The molecule has 3 rings (SSSR count). The lowest BCUT2D eigenvalue weighted by Crippen LogP contribution is -2.42. The molecule has 150 valence electrons. The maximum Gasteiger partial charge on any atom is 0.332 e. The van der Waals surface area contributed by atoms with E-state index in [1.165, 1.54) is 14.1 Å². The molecule has 0 unspecified atom stereocenters. The third-order valence-corrected chi connectivity index (χ3v) is 4.96. The molecule has 2 heterocycles. The highest BCUT2D eigenvalue weighted by molar-refractivity contribution is 7.22. The lowest BCUT2D eigenvalue weighted by Gasteiger charge is -2.12. The number of rotatable bonds is 4. The van der Waals surface area contributed by atoms with Gasteiger partial charge in [0.25, 0.3) is 5.56 Å². The minimum absolute atomic E-state index is 0. The van der Waals surface area contributed by atoms with Crippen molar-refractivity contribution in [1.82, 2.24) is 14.1 Å². The number of carbonyl (C=O) groups is 1. The maximum absolute atomic E-state index is 13.3. The van der Waals surface area contributed by atoms with Crippen molar-refractivity contribution < 1.29 is 16.4 Å². The summed E-state index contributed by atoms with van der Waals surface area (Å²) in [5, 5.41) is 10.5. The first-order chi connectivity index (χ1) is 13.1. The molecule has 28 heavy (non-hydrogen) atoms. The zero-order valence-electron chi connectivity index (χ0n) is 14.7. The van der Waals surface area contributed by atoms with Crippen molar-refractivity contribution in [3.05, 3.63) is 50.2 Å². The maximum atomic E-state index is 13.3. The van der Waals surface area contributed by atoms with Crippen molar-refractivity contribution in [1.29, 1.82) is 5.41 Å². The molecule has 1 amide bonds. The Labute approximate surface area is 162 Å². The number of amides is 1. The zero-order valence-corrected chi connectivity index (χ0v) is 15.5. The Hall–Kier alpha value is -3.41. The van der Waals surface area contributed by atoms with Crippen molar-refractivity contribution >= 4 is 44.1 Å². The number of hydrogen-bond donors (Lipinski definition) is 3. The second kappa shape index (κ2) is 6.96. The van der Waals surface area contributed by atoms with Crippen LogP contribution in [-0.2, 0) is 18.9 Å². The minimum Gasteiger partial charge on any atom is -0.384 e. The number of nitrogens with zero attached hydrogens (tertiary/aromatic N) is 3. The number of anilines is 2. The van der Waals surface area contributed by atoms with Gasteiger partial charge in [-0.05, 0) is 6.07 Å². The number of nitrogens with two attached hydrogens (primary N) is 1. The van der Waals surface area contributed by atoms with Gasteiger partial charge in [0, 0.05) is 23.0 Å². The van der Waals surface area contributed by atoms with Crippen LogP contribution in [0, 0.1) is 17.0 Å². The molecule has 9 nitrogen and oxygen atoms in total. The van der Waals surface area contributed by atoms with Crippen LogP contribution in [0.5, 0.6) is 0 Å². The molecule has 0 aliphatic rings. The van der Waals surface area contributed by atoms with Crippen LogP contribution < -0.4 is 22.3 Å². The van der Waals surface area contributed by atoms with Gasteiger partial charge in [-0.2, -0.15) is 0 Å². The molecule has 1 aromatic carbocycles. The van der Waals surface area contributed by atoms with Crippen molar-refractivity contribution in [3.63, 3.8) is 0 Å². The predicted octanol–water partition coefficient (Wildman–Crippen LogP) is 1.44. The van der Waals surface area contributed by atoms with Crippen LogP contribution in [-0.4, -0.2) is 25.7 Å². The Kier molecular flexibility index (Phi) is 4.81. The summed E-state index contributed by atoms with van der Waals surface area (Å²) < 4.78 is 28.6. The Balaban J connectivity index is 0.00000225. The molecule has 0 spiro atoms. The van der Waals surface area contributed by atoms with Crippen molar-refractivity contribution in [2.75, 3.05) is 11.1 Å². The van der Waals surface area contributed by atoms with E-state index in [4.69, 9.17) is 11.1 Å². The van der Waals surface area contributed by atoms with Crippen molar-refractivity contribution in [2.45, 2.75) is 6.42 Å². The Morgan fingerprint density at radius 2 is 1.93 bits per heavy atom. The Morgan fingerprint density at radius 3 is 2.61 bits per heavy atom. The third-order valence-electron chi connectivity index (χ3n) is 4.03. The number of fused-ring (bicyclic) bond motifs is 1. The van der Waals surface area contributed by atoms with E-state index in [-0.39, 0.29) is 30.6 Å². The first kappa shape index (κ1) is 19.4. The van der Waals surface area contributed by atoms with Crippen LogP contribution in [0.15, 0.2) is 21.7 Å². The van der Waals surface area contributed by atoms with Gasteiger partial charge in [-0.1, -0.05) is 11.3 Å². The van der Waals surface area contributed by atoms with E-state index in [1.807, 2.05) is 0 Å². The molecule has 0 saturated carbocycles.